The molecule has 0 amide bonds. The first kappa shape index (κ1) is 12.5. The lowest BCUT2D eigenvalue weighted by Crippen LogP contribution is -2.27. The van der Waals surface area contributed by atoms with Crippen LogP contribution in [0.3, 0.4) is 0 Å². The molecule has 1 heterocycles. The normalized spacial score (nSPS) is 10.6. The van der Waals surface area contributed by atoms with Crippen LogP contribution >= 0.6 is 11.3 Å². The van der Waals surface area contributed by atoms with E-state index in [0.29, 0.717) is 0 Å². The molecule has 15 heavy (non-hydrogen) atoms. The third-order valence-corrected chi connectivity index (χ3v) is 3.21. The van der Waals surface area contributed by atoms with Crippen LogP contribution in [0.25, 0.3) is 0 Å². The Bertz CT molecular complexity index is 275. The van der Waals surface area contributed by atoms with Gasteiger partial charge in [-0.15, -0.1) is 11.3 Å². The SMILES string of the molecule is CCOCCN(CC)c1nc(CC)cs1. The van der Waals surface area contributed by atoms with Crippen molar-refractivity contribution in [1.29, 1.82) is 0 Å². The maximum atomic E-state index is 5.36. The first-order valence-corrected chi connectivity index (χ1v) is 6.46. The quantitative estimate of drug-likeness (QED) is 0.671. The molecule has 0 aliphatic heterocycles. The van der Waals surface area contributed by atoms with Gasteiger partial charge in [-0.05, 0) is 20.3 Å². The molecule has 0 fully saturated rings. The van der Waals surface area contributed by atoms with Gasteiger partial charge in [0.25, 0.3) is 0 Å². The van der Waals surface area contributed by atoms with Gasteiger partial charge in [0.2, 0.25) is 0 Å². The molecule has 0 aliphatic rings. The van der Waals surface area contributed by atoms with Crippen molar-refractivity contribution in [2.75, 3.05) is 31.2 Å². The van der Waals surface area contributed by atoms with Crippen LogP contribution in [-0.2, 0) is 11.2 Å². The van der Waals surface area contributed by atoms with Crippen molar-refractivity contribution in [3.8, 4) is 0 Å². The number of ether oxygens (including phenoxy) is 1. The lowest BCUT2D eigenvalue weighted by Gasteiger charge is -2.19. The standard InChI is InChI=1S/C11H20N2OS/c1-4-10-9-15-11(12-10)13(5-2)7-8-14-6-3/h9H,4-8H2,1-3H3. The summed E-state index contributed by atoms with van der Waals surface area (Å²) in [6, 6.07) is 0. The summed E-state index contributed by atoms with van der Waals surface area (Å²) < 4.78 is 5.36. The zero-order valence-corrected chi connectivity index (χ0v) is 10.6. The van der Waals surface area contributed by atoms with Crippen LogP contribution in [0, 0.1) is 0 Å². The molecule has 0 saturated carbocycles. The second kappa shape index (κ2) is 6.80. The number of hydrogen-bond donors (Lipinski definition) is 0. The number of aryl methyl sites for hydroxylation is 1. The lowest BCUT2D eigenvalue weighted by atomic mass is 10.4. The fourth-order valence-corrected chi connectivity index (χ4v) is 2.31. The molecule has 0 atom stereocenters. The van der Waals surface area contributed by atoms with Gasteiger partial charge in [0.05, 0.1) is 12.3 Å². The molecule has 1 aromatic rings. The van der Waals surface area contributed by atoms with Crippen LogP contribution in [0.15, 0.2) is 5.38 Å². The van der Waals surface area contributed by atoms with Crippen molar-refractivity contribution < 1.29 is 4.74 Å². The highest BCUT2D eigenvalue weighted by Gasteiger charge is 2.08. The Morgan fingerprint density at radius 1 is 1.40 bits per heavy atom. The van der Waals surface area contributed by atoms with Crippen molar-refractivity contribution in [3.05, 3.63) is 11.1 Å². The topological polar surface area (TPSA) is 25.4 Å². The third-order valence-electron chi connectivity index (χ3n) is 2.26. The van der Waals surface area contributed by atoms with Gasteiger partial charge in [-0.25, -0.2) is 4.98 Å². The number of likely N-dealkylation sites (N-methyl/N-ethyl adjacent to an activating group) is 1. The van der Waals surface area contributed by atoms with Crippen LogP contribution in [0.5, 0.6) is 0 Å². The molecule has 1 rings (SSSR count). The van der Waals surface area contributed by atoms with Crippen molar-refractivity contribution in [2.45, 2.75) is 27.2 Å². The minimum atomic E-state index is 0.783. The molecule has 0 radical (unpaired) electrons. The van der Waals surface area contributed by atoms with E-state index in [9.17, 15) is 0 Å². The van der Waals surface area contributed by atoms with E-state index in [1.54, 1.807) is 11.3 Å². The Balaban J connectivity index is 2.49. The first-order valence-electron chi connectivity index (χ1n) is 5.58. The summed E-state index contributed by atoms with van der Waals surface area (Å²) in [6.45, 7) is 9.80. The van der Waals surface area contributed by atoms with E-state index < -0.39 is 0 Å². The summed E-state index contributed by atoms with van der Waals surface area (Å²) in [5.74, 6) is 0. The van der Waals surface area contributed by atoms with Crippen molar-refractivity contribution in [1.82, 2.24) is 4.98 Å². The summed E-state index contributed by atoms with van der Waals surface area (Å²) in [5, 5.41) is 3.26. The highest BCUT2D eigenvalue weighted by Crippen LogP contribution is 2.20. The molecule has 0 saturated heterocycles. The van der Waals surface area contributed by atoms with Crippen LogP contribution in [-0.4, -0.2) is 31.3 Å². The number of anilines is 1. The number of hydrogen-bond acceptors (Lipinski definition) is 4. The number of rotatable bonds is 7. The first-order chi connectivity index (χ1) is 7.31. The molecule has 3 nitrogen and oxygen atoms in total. The average molecular weight is 228 g/mol. The van der Waals surface area contributed by atoms with Crippen molar-refractivity contribution in [2.24, 2.45) is 0 Å². The summed E-state index contributed by atoms with van der Waals surface area (Å²) in [7, 11) is 0. The lowest BCUT2D eigenvalue weighted by molar-refractivity contribution is 0.154. The Morgan fingerprint density at radius 3 is 2.73 bits per heavy atom. The second-order valence-electron chi connectivity index (χ2n) is 3.25. The Hall–Kier alpha value is -0.610. The number of aromatic nitrogens is 1. The Kier molecular flexibility index (Phi) is 5.65. The summed E-state index contributed by atoms with van der Waals surface area (Å²) in [6.07, 6.45) is 1.01. The van der Waals surface area contributed by atoms with E-state index in [1.807, 2.05) is 6.92 Å². The predicted molar refractivity (Wildman–Crippen MR) is 65.9 cm³/mol. The van der Waals surface area contributed by atoms with Crippen LogP contribution in [0.4, 0.5) is 5.13 Å². The van der Waals surface area contributed by atoms with E-state index in [0.717, 1.165) is 37.9 Å². The zero-order chi connectivity index (χ0) is 11.1. The van der Waals surface area contributed by atoms with E-state index in [2.05, 4.69) is 29.1 Å². The molecule has 0 aromatic carbocycles. The zero-order valence-electron chi connectivity index (χ0n) is 9.82. The van der Waals surface area contributed by atoms with Crippen LogP contribution in [0.1, 0.15) is 26.5 Å². The minimum absolute atomic E-state index is 0.783. The highest BCUT2D eigenvalue weighted by atomic mass is 32.1. The van der Waals surface area contributed by atoms with Crippen LogP contribution in [0.2, 0.25) is 0 Å². The largest absolute Gasteiger partial charge is 0.380 e. The van der Waals surface area contributed by atoms with Crippen molar-refractivity contribution in [3.63, 3.8) is 0 Å². The molecule has 0 bridgehead atoms. The maximum absolute atomic E-state index is 5.36. The van der Waals surface area contributed by atoms with Crippen molar-refractivity contribution >= 4 is 16.5 Å². The number of thiazole rings is 1. The second-order valence-corrected chi connectivity index (χ2v) is 4.09. The molecule has 0 spiro atoms. The monoisotopic (exact) mass is 228 g/mol. The molecular formula is C11H20N2OS. The molecule has 4 heteroatoms. The van der Waals surface area contributed by atoms with E-state index in [1.165, 1.54) is 5.69 Å². The third kappa shape index (κ3) is 3.80. The van der Waals surface area contributed by atoms with Gasteiger partial charge in [0, 0.05) is 25.1 Å². The Labute approximate surface area is 96.1 Å². The molecule has 1 aromatic heterocycles. The molecule has 0 aliphatic carbocycles. The minimum Gasteiger partial charge on any atom is -0.380 e. The summed E-state index contributed by atoms with van der Waals surface area (Å²) in [5.41, 5.74) is 1.19. The van der Waals surface area contributed by atoms with Crippen LogP contribution < -0.4 is 4.90 Å². The number of nitrogens with zero attached hydrogens (tertiary/aromatic N) is 2. The summed E-state index contributed by atoms with van der Waals surface area (Å²) in [4.78, 5) is 6.83. The Morgan fingerprint density at radius 2 is 2.20 bits per heavy atom. The molecule has 0 N–H and O–H groups in total. The van der Waals surface area contributed by atoms with Gasteiger partial charge in [-0.2, -0.15) is 0 Å². The van der Waals surface area contributed by atoms with E-state index in [4.69, 9.17) is 4.74 Å². The smallest absolute Gasteiger partial charge is 0.185 e. The fourth-order valence-electron chi connectivity index (χ4n) is 1.31. The molecule has 86 valence electrons. The van der Waals surface area contributed by atoms with Gasteiger partial charge < -0.3 is 9.64 Å². The van der Waals surface area contributed by atoms with E-state index in [-0.39, 0.29) is 0 Å². The predicted octanol–water partition coefficient (Wildman–Crippen LogP) is 2.57. The average Bonchev–Trinajstić information content (AvgIpc) is 2.73. The summed E-state index contributed by atoms with van der Waals surface area (Å²) >= 11 is 1.72. The highest BCUT2D eigenvalue weighted by molar-refractivity contribution is 7.13. The van der Waals surface area contributed by atoms with Gasteiger partial charge in [0.15, 0.2) is 5.13 Å². The fraction of sp³-hybridized carbons (Fsp3) is 0.727. The molecular weight excluding hydrogens is 208 g/mol. The van der Waals surface area contributed by atoms with Gasteiger partial charge in [-0.3, -0.25) is 0 Å². The van der Waals surface area contributed by atoms with Gasteiger partial charge >= 0.3 is 0 Å². The van der Waals surface area contributed by atoms with Gasteiger partial charge in [-0.1, -0.05) is 6.92 Å². The maximum Gasteiger partial charge on any atom is 0.185 e. The van der Waals surface area contributed by atoms with E-state index >= 15 is 0 Å². The van der Waals surface area contributed by atoms with Gasteiger partial charge in [0.1, 0.15) is 0 Å². The molecule has 0 unspecified atom stereocenters.